The highest BCUT2D eigenvalue weighted by Crippen LogP contribution is 2.04. The number of carbonyl (C=O) groups is 2. The van der Waals surface area contributed by atoms with E-state index in [1.165, 1.54) is 0 Å². The molecule has 4 heteroatoms. The third-order valence-electron chi connectivity index (χ3n) is 1.56. The number of amides is 2. The standard InChI is InChI=1S/C8H16N2O2/c9-7(11)5-3-1-2-4-6-8(10)12/h1-6H2,(H2,9,11)(H2,10,12)/i/hT2. The van der Waals surface area contributed by atoms with Crippen molar-refractivity contribution in [1.29, 1.82) is 0 Å². The lowest BCUT2D eigenvalue weighted by atomic mass is 10.1. The zero-order valence-electron chi connectivity index (χ0n) is 9.06. The monoisotopic (exact) mass is 176 g/mol. The van der Waals surface area contributed by atoms with Crippen molar-refractivity contribution in [3.8, 4) is 0 Å². The van der Waals surface area contributed by atoms with Gasteiger partial charge in [0.15, 0.2) is 2.82 Å². The molecule has 4 nitrogen and oxygen atoms in total. The van der Waals surface area contributed by atoms with Gasteiger partial charge in [-0.05, 0) is 12.8 Å². The minimum Gasteiger partial charge on any atom is -0.370 e. The lowest BCUT2D eigenvalue weighted by Crippen LogP contribution is -2.10. The van der Waals surface area contributed by atoms with Gasteiger partial charge in [-0.25, -0.2) is 0 Å². The summed E-state index contributed by atoms with van der Waals surface area (Å²) in [4.78, 5) is 21.2. The average molecular weight is 176 g/mol. The van der Waals surface area contributed by atoms with E-state index in [0.29, 0.717) is 12.8 Å². The fourth-order valence-electron chi connectivity index (χ4n) is 0.925. The maximum Gasteiger partial charge on any atom is 0.217 e. The van der Waals surface area contributed by atoms with Crippen LogP contribution in [0.4, 0.5) is 0 Å². The first-order valence-electron chi connectivity index (χ1n) is 5.12. The van der Waals surface area contributed by atoms with E-state index < -0.39 is 0 Å². The van der Waals surface area contributed by atoms with E-state index in [1.54, 1.807) is 11.5 Å². The molecule has 0 aromatic rings. The molecule has 0 saturated heterocycles. The number of rotatable bonds is 7. The molecule has 4 N–H and O–H groups in total. The van der Waals surface area contributed by atoms with Gasteiger partial charge in [0.1, 0.15) is 0 Å². The molecule has 0 radical (unpaired) electrons. The lowest BCUT2D eigenvalue weighted by Gasteiger charge is -1.97. The van der Waals surface area contributed by atoms with Gasteiger partial charge < -0.3 is 11.5 Å². The molecule has 0 unspecified atom stereocenters. The maximum atomic E-state index is 10.6. The summed E-state index contributed by atoms with van der Waals surface area (Å²) in [6, 6.07) is 0. The third kappa shape index (κ3) is 8.94. The molecule has 0 rings (SSSR count). The maximum absolute atomic E-state index is 10.6. The molecule has 0 heterocycles. The van der Waals surface area contributed by atoms with Crippen LogP contribution in [0.1, 0.15) is 38.5 Å². The second-order valence-electron chi connectivity index (χ2n) is 2.76. The molecule has 2 amide bonds. The van der Waals surface area contributed by atoms with E-state index in [4.69, 9.17) is 2.82 Å². The van der Waals surface area contributed by atoms with Gasteiger partial charge in [-0.1, -0.05) is 12.8 Å². The quantitative estimate of drug-likeness (QED) is 0.546. The fraction of sp³-hybridized carbons (Fsp3) is 0.750. The second-order valence-corrected chi connectivity index (χ2v) is 2.76. The molecule has 0 atom stereocenters. The van der Waals surface area contributed by atoms with Crippen LogP contribution in [0.15, 0.2) is 0 Å². The zero-order valence-corrected chi connectivity index (χ0v) is 7.06. The molecule has 0 aliphatic carbocycles. The highest BCUT2D eigenvalue weighted by atomic mass is 16.1. The summed E-state index contributed by atoms with van der Waals surface area (Å²) < 4.78 is 13.1. The molecule has 0 aliphatic rings. The van der Waals surface area contributed by atoms with Crippen LogP contribution in [0.5, 0.6) is 0 Å². The minimum atomic E-state index is -0.270. The Morgan fingerprint density at radius 1 is 0.917 bits per heavy atom. The van der Waals surface area contributed by atoms with Gasteiger partial charge in [-0.3, -0.25) is 9.59 Å². The number of unbranched alkanes of at least 4 members (excludes halogenated alkanes) is 3. The van der Waals surface area contributed by atoms with Crippen LogP contribution in [-0.2, 0) is 9.59 Å². The Morgan fingerprint density at radius 3 is 1.67 bits per heavy atom. The smallest absolute Gasteiger partial charge is 0.217 e. The van der Waals surface area contributed by atoms with Gasteiger partial charge in [0.25, 0.3) is 0 Å². The van der Waals surface area contributed by atoms with Crippen LogP contribution in [0.2, 0.25) is 2.82 Å². The van der Waals surface area contributed by atoms with Crippen LogP contribution in [0, 0.1) is 0 Å². The van der Waals surface area contributed by atoms with E-state index in [9.17, 15) is 9.59 Å². The molecule has 0 aliphatic heterocycles. The molecule has 0 fully saturated rings. The summed E-state index contributed by atoms with van der Waals surface area (Å²) in [5.41, 5.74) is 3.61. The van der Waals surface area contributed by atoms with E-state index in [0.717, 1.165) is 25.7 Å². The Hall–Kier alpha value is -1.06. The summed E-state index contributed by atoms with van der Waals surface area (Å²) in [5.74, 6) is -0.539. The Kier molecular flexibility index (Phi) is 4.19. The Labute approximate surface area is 75.2 Å². The van der Waals surface area contributed by atoms with E-state index >= 15 is 0 Å². The summed E-state index contributed by atoms with van der Waals surface area (Å²) in [7, 11) is 0. The molecule has 12 heavy (non-hydrogen) atoms. The topological polar surface area (TPSA) is 86.2 Å². The van der Waals surface area contributed by atoms with Crippen molar-refractivity contribution in [1.82, 2.24) is 0 Å². The van der Waals surface area contributed by atoms with Crippen molar-refractivity contribution >= 4 is 11.8 Å². The first kappa shape index (κ1) is 7.58. The largest absolute Gasteiger partial charge is 0.370 e. The molecule has 0 aromatic carbocycles. The fourth-order valence-corrected chi connectivity index (χ4v) is 0.925. The van der Waals surface area contributed by atoms with Crippen LogP contribution in [0.25, 0.3) is 0 Å². The first-order chi connectivity index (χ1) is 6.70. The van der Waals surface area contributed by atoms with Gasteiger partial charge in [0.2, 0.25) is 11.8 Å². The number of hydrogen-bond acceptors (Lipinski definition) is 2. The number of carbonyl (C=O) groups excluding carboxylic acids is 2. The highest BCUT2D eigenvalue weighted by molar-refractivity contribution is 5.73. The van der Waals surface area contributed by atoms with Crippen molar-refractivity contribution in [3.63, 3.8) is 0 Å². The van der Waals surface area contributed by atoms with Crippen molar-refractivity contribution in [2.24, 2.45) is 11.5 Å². The van der Waals surface area contributed by atoms with Crippen molar-refractivity contribution in [2.75, 3.05) is 0 Å². The molecule has 0 spiro atoms. The Bertz CT molecular complexity index is 168. The van der Waals surface area contributed by atoms with Crippen LogP contribution in [-0.4, -0.2) is 11.8 Å². The van der Waals surface area contributed by atoms with E-state index in [1.807, 2.05) is 0 Å². The molecule has 70 valence electrons. The predicted molar refractivity (Wildman–Crippen MR) is 46.1 cm³/mol. The predicted octanol–water partition coefficient (Wildman–Crippen LogP) is 0.298. The van der Waals surface area contributed by atoms with Gasteiger partial charge in [-0.2, -0.15) is 0 Å². The lowest BCUT2D eigenvalue weighted by molar-refractivity contribution is -0.119. The SMILES string of the molecule is [3H]NC(=O)CCCCCCC(=O)N[3H]. The summed E-state index contributed by atoms with van der Waals surface area (Å²) in [5, 5.41) is 0. The molecule has 0 aromatic heterocycles. The molecular formula is C8H16N2O2. The second kappa shape index (κ2) is 6.64. The normalized spacial score (nSPS) is 11.3. The Balaban J connectivity index is 3.14. The summed E-state index contributed by atoms with van der Waals surface area (Å²) >= 11 is 0. The summed E-state index contributed by atoms with van der Waals surface area (Å²) in [6.45, 7) is 0. The summed E-state index contributed by atoms with van der Waals surface area (Å²) in [6.07, 6.45) is 3.97. The van der Waals surface area contributed by atoms with Crippen molar-refractivity contribution in [3.05, 3.63) is 0 Å². The highest BCUT2D eigenvalue weighted by Gasteiger charge is 1.96. The average Bonchev–Trinajstić information content (AvgIpc) is 2.22. The number of hydrogen-bond donors (Lipinski definition) is 2. The molecule has 0 bridgehead atoms. The number of primary amides is 2. The molecule has 0 saturated carbocycles. The Morgan fingerprint density at radius 2 is 1.33 bits per heavy atom. The van der Waals surface area contributed by atoms with Crippen LogP contribution < -0.4 is 11.5 Å². The van der Waals surface area contributed by atoms with Gasteiger partial charge in [-0.15, -0.1) is 0 Å². The van der Waals surface area contributed by atoms with Crippen LogP contribution in [0.3, 0.4) is 0 Å². The minimum absolute atomic E-state index is 0.270. The van der Waals surface area contributed by atoms with E-state index in [2.05, 4.69) is 0 Å². The third-order valence-corrected chi connectivity index (χ3v) is 1.56. The van der Waals surface area contributed by atoms with Gasteiger partial charge in [0.05, 0.1) is 0 Å². The van der Waals surface area contributed by atoms with Gasteiger partial charge >= 0.3 is 0 Å². The molecular weight excluding hydrogens is 156 g/mol. The first-order valence-corrected chi connectivity index (χ1v) is 4.12. The van der Waals surface area contributed by atoms with Crippen LogP contribution >= 0.6 is 0 Å². The zero-order chi connectivity index (χ0) is 10.8. The van der Waals surface area contributed by atoms with E-state index in [-0.39, 0.29) is 11.8 Å². The number of nitrogens with two attached hydrogens (primary N) is 2. The van der Waals surface area contributed by atoms with Crippen molar-refractivity contribution in [2.45, 2.75) is 38.5 Å². The van der Waals surface area contributed by atoms with Crippen molar-refractivity contribution < 1.29 is 12.4 Å². The van der Waals surface area contributed by atoms with Gasteiger partial charge in [0, 0.05) is 12.8 Å².